The third kappa shape index (κ3) is 7.01. The summed E-state index contributed by atoms with van der Waals surface area (Å²) in [6, 6.07) is 7.42. The highest BCUT2D eigenvalue weighted by molar-refractivity contribution is 14.0. The number of hydrogen-bond donors (Lipinski definition) is 3. The molecule has 1 fully saturated rings. The normalized spacial score (nSPS) is 15.5. The van der Waals surface area contributed by atoms with Gasteiger partial charge in [0.05, 0.1) is 6.54 Å². The number of phenols is 1. The second-order valence-corrected chi connectivity index (χ2v) is 6.76. The first-order valence-electron chi connectivity index (χ1n) is 9.11. The van der Waals surface area contributed by atoms with Gasteiger partial charge in [-0.1, -0.05) is 26.0 Å². The van der Waals surface area contributed by atoms with E-state index in [-0.39, 0.29) is 41.6 Å². The van der Waals surface area contributed by atoms with Crippen LogP contribution in [0.15, 0.2) is 29.3 Å². The molecule has 2 rings (SSSR count). The number of halogens is 1. The molecule has 1 saturated heterocycles. The van der Waals surface area contributed by atoms with E-state index in [2.05, 4.69) is 15.6 Å². The number of aliphatic imine (C=N–C) groups is 1. The number of guanidine groups is 1. The van der Waals surface area contributed by atoms with Gasteiger partial charge >= 0.3 is 0 Å². The molecule has 1 aromatic carbocycles. The molecular weight excluding hydrogens is 443 g/mol. The van der Waals surface area contributed by atoms with Gasteiger partial charge in [0, 0.05) is 31.6 Å². The van der Waals surface area contributed by atoms with E-state index in [0.29, 0.717) is 12.6 Å². The number of nitrogens with one attached hydrogen (secondary N) is 2. The molecule has 0 saturated carbocycles. The van der Waals surface area contributed by atoms with Crippen molar-refractivity contribution in [2.45, 2.75) is 46.2 Å². The van der Waals surface area contributed by atoms with Gasteiger partial charge in [-0.25, -0.2) is 4.99 Å². The summed E-state index contributed by atoms with van der Waals surface area (Å²) < 4.78 is 0. The first-order valence-corrected chi connectivity index (χ1v) is 9.11. The molecule has 0 atom stereocenters. The van der Waals surface area contributed by atoms with E-state index in [0.717, 1.165) is 44.0 Å². The lowest BCUT2D eigenvalue weighted by Crippen LogP contribution is -2.50. The zero-order valence-electron chi connectivity index (χ0n) is 15.9. The number of piperidine rings is 1. The van der Waals surface area contributed by atoms with Crippen LogP contribution in [-0.2, 0) is 11.3 Å². The molecule has 3 N–H and O–H groups in total. The topological polar surface area (TPSA) is 77.0 Å². The molecular formula is C19H31IN4O2. The first-order chi connectivity index (χ1) is 12.0. The maximum atomic E-state index is 12.1. The van der Waals surface area contributed by atoms with Crippen molar-refractivity contribution in [3.63, 3.8) is 0 Å². The van der Waals surface area contributed by atoms with Gasteiger partial charge in [-0.15, -0.1) is 24.0 Å². The van der Waals surface area contributed by atoms with Crippen molar-refractivity contribution in [3.05, 3.63) is 29.8 Å². The fourth-order valence-electron chi connectivity index (χ4n) is 2.89. The quantitative estimate of drug-likeness (QED) is 0.349. The van der Waals surface area contributed by atoms with Crippen LogP contribution in [0.5, 0.6) is 5.75 Å². The van der Waals surface area contributed by atoms with Crippen LogP contribution in [0.3, 0.4) is 0 Å². The average molecular weight is 474 g/mol. The first kappa shape index (κ1) is 22.5. The Labute approximate surface area is 173 Å². The summed E-state index contributed by atoms with van der Waals surface area (Å²) in [5.74, 6) is 1.37. The minimum atomic E-state index is 0. The van der Waals surface area contributed by atoms with Crippen LogP contribution in [0.4, 0.5) is 0 Å². The van der Waals surface area contributed by atoms with Crippen LogP contribution in [0.2, 0.25) is 0 Å². The predicted molar refractivity (Wildman–Crippen MR) is 116 cm³/mol. The molecule has 0 aliphatic carbocycles. The van der Waals surface area contributed by atoms with Gasteiger partial charge in [0.2, 0.25) is 5.91 Å². The Kier molecular flexibility index (Phi) is 9.75. The van der Waals surface area contributed by atoms with Crippen LogP contribution in [0.25, 0.3) is 0 Å². The molecule has 0 spiro atoms. The highest BCUT2D eigenvalue weighted by Crippen LogP contribution is 2.14. The number of aromatic hydroxyl groups is 1. The number of carbonyl (C=O) groups is 1. The third-order valence-corrected chi connectivity index (χ3v) is 4.34. The molecule has 0 unspecified atom stereocenters. The highest BCUT2D eigenvalue weighted by atomic mass is 127. The van der Waals surface area contributed by atoms with Gasteiger partial charge in [0.15, 0.2) is 5.96 Å². The number of carbonyl (C=O) groups excluding carboxylic acids is 1. The van der Waals surface area contributed by atoms with Gasteiger partial charge in [-0.3, -0.25) is 4.79 Å². The van der Waals surface area contributed by atoms with Crippen molar-refractivity contribution in [3.8, 4) is 5.75 Å². The fraction of sp³-hybridized carbons (Fsp3) is 0.579. The van der Waals surface area contributed by atoms with Crippen molar-refractivity contribution in [2.75, 3.05) is 19.6 Å². The second kappa shape index (κ2) is 11.3. The van der Waals surface area contributed by atoms with Gasteiger partial charge in [-0.2, -0.15) is 0 Å². The maximum Gasteiger partial charge on any atom is 0.225 e. The van der Waals surface area contributed by atoms with Crippen molar-refractivity contribution in [2.24, 2.45) is 10.9 Å². The number of amides is 1. The summed E-state index contributed by atoms with van der Waals surface area (Å²) >= 11 is 0. The van der Waals surface area contributed by atoms with E-state index in [4.69, 9.17) is 0 Å². The Morgan fingerprint density at radius 3 is 2.42 bits per heavy atom. The minimum absolute atomic E-state index is 0. The standard InChI is InChI=1S/C19H30N4O2.HI/c1-4-20-19(21-13-15-5-7-17(24)8-6-15)22-16-9-11-23(12-10-16)18(25)14(2)3;/h5-8,14,16,24H,4,9-13H2,1-3H3,(H2,20,21,22);1H. The summed E-state index contributed by atoms with van der Waals surface area (Å²) in [5, 5.41) is 16.1. The second-order valence-electron chi connectivity index (χ2n) is 6.76. The zero-order chi connectivity index (χ0) is 18.2. The fourth-order valence-corrected chi connectivity index (χ4v) is 2.89. The van der Waals surface area contributed by atoms with Crippen LogP contribution in [-0.4, -0.2) is 47.5 Å². The smallest absolute Gasteiger partial charge is 0.225 e. The summed E-state index contributed by atoms with van der Waals surface area (Å²) in [4.78, 5) is 18.6. The molecule has 1 amide bonds. The molecule has 1 aromatic rings. The monoisotopic (exact) mass is 474 g/mol. The van der Waals surface area contributed by atoms with Crippen LogP contribution >= 0.6 is 24.0 Å². The molecule has 1 heterocycles. The SMILES string of the molecule is CCNC(=NCc1ccc(O)cc1)NC1CCN(C(=O)C(C)C)CC1.I. The maximum absolute atomic E-state index is 12.1. The molecule has 146 valence electrons. The largest absolute Gasteiger partial charge is 0.508 e. The van der Waals surface area contributed by atoms with Crippen molar-refractivity contribution in [1.29, 1.82) is 0 Å². The molecule has 0 bridgehead atoms. The summed E-state index contributed by atoms with van der Waals surface area (Å²) in [5.41, 5.74) is 1.05. The van der Waals surface area contributed by atoms with Crippen LogP contribution in [0, 0.1) is 5.92 Å². The number of phenolic OH excluding ortho intramolecular Hbond substituents is 1. The zero-order valence-corrected chi connectivity index (χ0v) is 18.2. The van der Waals surface area contributed by atoms with Gasteiger partial charge in [0.25, 0.3) is 0 Å². The average Bonchev–Trinajstić information content (AvgIpc) is 2.61. The van der Waals surface area contributed by atoms with Crippen LogP contribution in [0.1, 0.15) is 39.2 Å². The van der Waals surface area contributed by atoms with Crippen LogP contribution < -0.4 is 10.6 Å². The Morgan fingerprint density at radius 2 is 1.88 bits per heavy atom. The Hall–Kier alpha value is -1.51. The number of nitrogens with zero attached hydrogens (tertiary/aromatic N) is 2. The Balaban J connectivity index is 0.00000338. The summed E-state index contributed by atoms with van der Waals surface area (Å²) in [7, 11) is 0. The van der Waals surface area contributed by atoms with Gasteiger partial charge in [0.1, 0.15) is 5.75 Å². The number of hydrogen-bond acceptors (Lipinski definition) is 3. The molecule has 1 aliphatic heterocycles. The van der Waals surface area contributed by atoms with E-state index in [1.807, 2.05) is 37.8 Å². The van der Waals surface area contributed by atoms with E-state index in [1.165, 1.54) is 0 Å². The van der Waals surface area contributed by atoms with Crippen molar-refractivity contribution < 1.29 is 9.90 Å². The van der Waals surface area contributed by atoms with E-state index in [9.17, 15) is 9.90 Å². The predicted octanol–water partition coefficient (Wildman–Crippen LogP) is 2.71. The molecule has 0 radical (unpaired) electrons. The molecule has 6 nitrogen and oxygen atoms in total. The summed E-state index contributed by atoms with van der Waals surface area (Å²) in [6.45, 7) is 8.89. The van der Waals surface area contributed by atoms with Crippen molar-refractivity contribution in [1.82, 2.24) is 15.5 Å². The number of benzene rings is 1. The molecule has 1 aliphatic rings. The molecule has 7 heteroatoms. The summed E-state index contributed by atoms with van der Waals surface area (Å²) in [6.07, 6.45) is 1.87. The number of likely N-dealkylation sites (tertiary alicyclic amines) is 1. The molecule has 0 aromatic heterocycles. The number of rotatable bonds is 5. The lowest BCUT2D eigenvalue weighted by molar-refractivity contribution is -0.135. The lowest BCUT2D eigenvalue weighted by atomic mass is 10.0. The van der Waals surface area contributed by atoms with Gasteiger partial charge in [-0.05, 0) is 37.5 Å². The third-order valence-electron chi connectivity index (χ3n) is 4.34. The lowest BCUT2D eigenvalue weighted by Gasteiger charge is -2.34. The van der Waals surface area contributed by atoms with Crippen molar-refractivity contribution >= 4 is 35.8 Å². The van der Waals surface area contributed by atoms with E-state index in [1.54, 1.807) is 12.1 Å². The highest BCUT2D eigenvalue weighted by Gasteiger charge is 2.24. The Bertz CT molecular complexity index is 582. The Morgan fingerprint density at radius 1 is 1.27 bits per heavy atom. The van der Waals surface area contributed by atoms with E-state index >= 15 is 0 Å². The van der Waals surface area contributed by atoms with Gasteiger partial charge < -0.3 is 20.6 Å². The molecule has 26 heavy (non-hydrogen) atoms. The van der Waals surface area contributed by atoms with E-state index < -0.39 is 0 Å². The minimum Gasteiger partial charge on any atom is -0.508 e.